The van der Waals surface area contributed by atoms with Crippen LogP contribution in [0.5, 0.6) is 5.75 Å². The summed E-state index contributed by atoms with van der Waals surface area (Å²) in [5.74, 6) is -0.182. The second-order valence-electron chi connectivity index (χ2n) is 5.24. The van der Waals surface area contributed by atoms with Crippen molar-refractivity contribution in [3.8, 4) is 11.8 Å². The second-order valence-corrected chi connectivity index (χ2v) is 5.24. The van der Waals surface area contributed by atoms with E-state index in [9.17, 15) is 19.7 Å². The van der Waals surface area contributed by atoms with Gasteiger partial charge in [0.25, 0.3) is 5.56 Å². The van der Waals surface area contributed by atoms with Gasteiger partial charge in [-0.15, -0.1) is 4.68 Å². The highest BCUT2D eigenvalue weighted by Gasteiger charge is 2.18. The minimum absolute atomic E-state index is 0.138. The van der Waals surface area contributed by atoms with Crippen LogP contribution in [0.2, 0.25) is 0 Å². The Morgan fingerprint density at radius 1 is 1.26 bits per heavy atom. The summed E-state index contributed by atoms with van der Waals surface area (Å²) in [6.45, 7) is -0.414. The van der Waals surface area contributed by atoms with Gasteiger partial charge >= 0.3 is 11.4 Å². The monoisotopic (exact) mass is 365 g/mol. The third kappa shape index (κ3) is 3.42. The fourth-order valence-corrected chi connectivity index (χ4v) is 2.43. The lowest BCUT2D eigenvalue weighted by Gasteiger charge is -2.06. The maximum absolute atomic E-state index is 12.4. The Hall–Kier alpha value is -4.26. The van der Waals surface area contributed by atoms with Crippen LogP contribution in [-0.2, 0) is 0 Å². The fourth-order valence-electron chi connectivity index (χ4n) is 2.43. The predicted octanol–water partition coefficient (Wildman–Crippen LogP) is 1.38. The van der Waals surface area contributed by atoms with Gasteiger partial charge in [-0.3, -0.25) is 14.9 Å². The number of hydrogen-bond donors (Lipinski definition) is 1. The number of nitrogens with one attached hydrogen (secondary N) is 1. The number of fused-ring (bicyclic) bond motifs is 1. The zero-order valence-corrected chi connectivity index (χ0v) is 13.7. The van der Waals surface area contributed by atoms with Crippen molar-refractivity contribution in [3.05, 3.63) is 79.0 Å². The van der Waals surface area contributed by atoms with E-state index in [-0.39, 0.29) is 22.4 Å². The number of nitro benzene ring substituents is 1. The number of rotatable bonds is 5. The third-order valence-corrected chi connectivity index (χ3v) is 3.60. The van der Waals surface area contributed by atoms with Crippen molar-refractivity contribution in [2.45, 2.75) is 0 Å². The van der Waals surface area contributed by atoms with E-state index in [4.69, 9.17) is 10.00 Å². The van der Waals surface area contributed by atoms with E-state index in [1.54, 1.807) is 24.3 Å². The van der Waals surface area contributed by atoms with Crippen LogP contribution in [0.15, 0.2) is 57.2 Å². The maximum atomic E-state index is 12.4. The molecule has 1 heterocycles. The molecule has 0 spiro atoms. The quantitative estimate of drug-likeness (QED) is 0.411. The Balaban J connectivity index is 2.12. The molecule has 2 aromatic carbocycles. The summed E-state index contributed by atoms with van der Waals surface area (Å²) in [6, 6.07) is 12.2. The Bertz CT molecular complexity index is 1220. The lowest BCUT2D eigenvalue weighted by atomic mass is 10.2. The lowest BCUT2D eigenvalue weighted by molar-refractivity contribution is -0.385. The SMILES string of the molecule is N#CCOc1c(C=Nn2c(=O)[nH]c3ccccc3c2=O)cccc1[N+](=O)[O-]. The molecular weight excluding hydrogens is 354 g/mol. The van der Waals surface area contributed by atoms with Gasteiger partial charge in [0.1, 0.15) is 6.07 Å². The number of H-pyrrole nitrogens is 1. The number of nitro groups is 1. The van der Waals surface area contributed by atoms with Gasteiger partial charge in [0, 0.05) is 11.6 Å². The highest BCUT2D eigenvalue weighted by molar-refractivity contribution is 5.86. The van der Waals surface area contributed by atoms with Crippen LogP contribution in [0.1, 0.15) is 5.56 Å². The van der Waals surface area contributed by atoms with E-state index in [2.05, 4.69) is 10.1 Å². The van der Waals surface area contributed by atoms with Crippen LogP contribution in [0.25, 0.3) is 10.9 Å². The standard InChI is InChI=1S/C17H11N5O5/c18-8-9-27-15-11(4-3-7-14(15)22(25)26)10-19-21-16(23)12-5-1-2-6-13(12)20-17(21)24/h1-7,10H,9H2,(H,20,24). The van der Waals surface area contributed by atoms with Gasteiger partial charge < -0.3 is 9.72 Å². The summed E-state index contributed by atoms with van der Waals surface area (Å²) in [6.07, 6.45) is 1.09. The molecule has 3 aromatic rings. The number of ether oxygens (including phenoxy) is 1. The Morgan fingerprint density at radius 3 is 2.78 bits per heavy atom. The lowest BCUT2D eigenvalue weighted by Crippen LogP contribution is -2.32. The minimum Gasteiger partial charge on any atom is -0.471 e. The van der Waals surface area contributed by atoms with Crippen molar-refractivity contribution < 1.29 is 9.66 Å². The molecule has 0 amide bonds. The number of aromatic nitrogens is 2. The first-order valence-corrected chi connectivity index (χ1v) is 7.58. The van der Waals surface area contributed by atoms with Gasteiger partial charge in [-0.05, 0) is 18.2 Å². The molecule has 1 N–H and O–H groups in total. The molecule has 0 unspecified atom stereocenters. The smallest absolute Gasteiger partial charge is 0.349 e. The van der Waals surface area contributed by atoms with Crippen LogP contribution in [0.4, 0.5) is 5.69 Å². The fraction of sp³-hybridized carbons (Fsp3) is 0.0588. The number of benzene rings is 2. The van der Waals surface area contributed by atoms with Gasteiger partial charge in [-0.25, -0.2) is 4.79 Å². The molecule has 27 heavy (non-hydrogen) atoms. The molecule has 0 fully saturated rings. The van der Waals surface area contributed by atoms with Crippen molar-refractivity contribution in [1.29, 1.82) is 5.26 Å². The molecule has 10 nitrogen and oxygen atoms in total. The molecule has 10 heteroatoms. The van der Waals surface area contributed by atoms with Gasteiger partial charge in [-0.2, -0.15) is 10.4 Å². The van der Waals surface area contributed by atoms with Gasteiger partial charge in [0.2, 0.25) is 5.75 Å². The molecule has 1 aromatic heterocycles. The number of para-hydroxylation sites is 2. The van der Waals surface area contributed by atoms with Crippen molar-refractivity contribution in [3.63, 3.8) is 0 Å². The number of aromatic amines is 1. The summed E-state index contributed by atoms with van der Waals surface area (Å²) in [7, 11) is 0. The first kappa shape index (κ1) is 17.6. The summed E-state index contributed by atoms with van der Waals surface area (Å²) >= 11 is 0. The zero-order chi connectivity index (χ0) is 19.4. The van der Waals surface area contributed by atoms with E-state index < -0.39 is 22.8 Å². The normalized spacial score (nSPS) is 10.8. The predicted molar refractivity (Wildman–Crippen MR) is 96.0 cm³/mol. The van der Waals surface area contributed by atoms with E-state index in [0.29, 0.717) is 10.2 Å². The van der Waals surface area contributed by atoms with Gasteiger partial charge in [0.05, 0.1) is 22.0 Å². The van der Waals surface area contributed by atoms with Crippen LogP contribution in [0.3, 0.4) is 0 Å². The molecule has 0 aliphatic rings. The minimum atomic E-state index is -0.764. The van der Waals surface area contributed by atoms with Crippen molar-refractivity contribution >= 4 is 22.8 Å². The van der Waals surface area contributed by atoms with Crippen molar-refractivity contribution in [2.75, 3.05) is 6.61 Å². The summed E-state index contributed by atoms with van der Waals surface area (Å²) in [5.41, 5.74) is -1.27. The summed E-state index contributed by atoms with van der Waals surface area (Å²) in [5, 5.41) is 23.9. The van der Waals surface area contributed by atoms with Crippen LogP contribution in [-0.4, -0.2) is 27.4 Å². The van der Waals surface area contributed by atoms with Crippen molar-refractivity contribution in [2.24, 2.45) is 5.10 Å². The van der Waals surface area contributed by atoms with Crippen molar-refractivity contribution in [1.82, 2.24) is 9.66 Å². The van der Waals surface area contributed by atoms with E-state index >= 15 is 0 Å². The molecule has 0 radical (unpaired) electrons. The summed E-state index contributed by atoms with van der Waals surface area (Å²) < 4.78 is 5.74. The molecule has 0 saturated carbocycles. The second kappa shape index (κ2) is 7.32. The number of nitrogens with zero attached hydrogens (tertiary/aromatic N) is 4. The summed E-state index contributed by atoms with van der Waals surface area (Å²) in [4.78, 5) is 37.6. The first-order chi connectivity index (χ1) is 13.0. The third-order valence-electron chi connectivity index (χ3n) is 3.60. The van der Waals surface area contributed by atoms with Crippen LogP contribution in [0, 0.1) is 21.4 Å². The highest BCUT2D eigenvalue weighted by atomic mass is 16.6. The van der Waals surface area contributed by atoms with Crippen LogP contribution >= 0.6 is 0 Å². The molecular formula is C17H11N5O5. The Labute approximate surface area is 150 Å². The molecule has 0 aliphatic heterocycles. The van der Waals surface area contributed by atoms with E-state index in [0.717, 1.165) is 6.21 Å². The largest absolute Gasteiger partial charge is 0.471 e. The molecule has 0 bridgehead atoms. The molecule has 3 rings (SSSR count). The topological polar surface area (TPSA) is 143 Å². The van der Waals surface area contributed by atoms with Gasteiger partial charge in [0.15, 0.2) is 6.61 Å². The average Bonchev–Trinajstić information content (AvgIpc) is 2.66. The van der Waals surface area contributed by atoms with Gasteiger partial charge in [-0.1, -0.05) is 18.2 Å². The zero-order valence-electron chi connectivity index (χ0n) is 13.7. The molecule has 134 valence electrons. The molecule has 0 atom stereocenters. The first-order valence-electron chi connectivity index (χ1n) is 7.58. The maximum Gasteiger partial charge on any atom is 0.349 e. The molecule has 0 saturated heterocycles. The average molecular weight is 365 g/mol. The van der Waals surface area contributed by atoms with Crippen LogP contribution < -0.4 is 16.0 Å². The highest BCUT2D eigenvalue weighted by Crippen LogP contribution is 2.29. The number of hydrogen-bond acceptors (Lipinski definition) is 7. The molecule has 0 aliphatic carbocycles. The Kier molecular flexibility index (Phi) is 4.76. The van der Waals surface area contributed by atoms with E-state index in [1.807, 2.05) is 0 Å². The van der Waals surface area contributed by atoms with E-state index in [1.165, 1.54) is 24.3 Å². The Morgan fingerprint density at radius 2 is 2.04 bits per heavy atom. The number of nitriles is 1.